The number of hydrogen-bond acceptors (Lipinski definition) is 7. The smallest absolute Gasteiger partial charge is 0.416 e. The molecule has 0 aliphatic carbocycles. The van der Waals surface area contributed by atoms with Gasteiger partial charge in [-0.1, -0.05) is 0 Å². The average molecular weight is 410 g/mol. The van der Waals surface area contributed by atoms with Gasteiger partial charge in [0.2, 0.25) is 5.95 Å². The molecule has 0 aliphatic rings. The second kappa shape index (κ2) is 7.72. The van der Waals surface area contributed by atoms with Gasteiger partial charge in [0, 0.05) is 42.9 Å². The first-order valence-electron chi connectivity index (χ1n) is 8.24. The number of alkyl halides is 3. The Morgan fingerprint density at radius 3 is 2.61 bits per heavy atom. The van der Waals surface area contributed by atoms with E-state index in [-0.39, 0.29) is 18.2 Å². The number of aromatic nitrogens is 3. The summed E-state index contributed by atoms with van der Waals surface area (Å²) < 4.78 is 39.0. The fourth-order valence-corrected chi connectivity index (χ4v) is 3.59. The molecular weight excluding hydrogens is 393 g/mol. The van der Waals surface area contributed by atoms with Crippen molar-refractivity contribution in [3.8, 4) is 16.5 Å². The van der Waals surface area contributed by atoms with Gasteiger partial charge in [-0.05, 0) is 25.1 Å². The predicted octanol–water partition coefficient (Wildman–Crippen LogP) is 3.94. The molecule has 6 nitrogen and oxygen atoms in total. The van der Waals surface area contributed by atoms with E-state index in [1.807, 2.05) is 6.92 Å². The summed E-state index contributed by atoms with van der Waals surface area (Å²) in [6.45, 7) is 1.85. The van der Waals surface area contributed by atoms with Crippen molar-refractivity contribution >= 4 is 23.0 Å². The van der Waals surface area contributed by atoms with Gasteiger partial charge in [-0.3, -0.25) is 0 Å². The molecule has 148 valence electrons. The number of aromatic hydroxyl groups is 1. The Morgan fingerprint density at radius 1 is 1.18 bits per heavy atom. The molecule has 28 heavy (non-hydrogen) atoms. The van der Waals surface area contributed by atoms with Crippen LogP contribution in [0.2, 0.25) is 0 Å². The van der Waals surface area contributed by atoms with Crippen molar-refractivity contribution in [2.75, 3.05) is 18.6 Å². The number of nitrogens with zero attached hydrogens (tertiary/aromatic N) is 4. The van der Waals surface area contributed by atoms with E-state index in [1.165, 1.54) is 35.5 Å². The average Bonchev–Trinajstić information content (AvgIpc) is 3.01. The fourth-order valence-electron chi connectivity index (χ4n) is 2.57. The Kier molecular flexibility index (Phi) is 5.52. The summed E-state index contributed by atoms with van der Waals surface area (Å²) in [5.41, 5.74) is 0.450. The maximum atomic E-state index is 13.0. The van der Waals surface area contributed by atoms with Gasteiger partial charge >= 0.3 is 6.18 Å². The largest absolute Gasteiger partial charge is 0.508 e. The molecule has 3 aromatic rings. The van der Waals surface area contributed by atoms with Gasteiger partial charge in [0.25, 0.3) is 0 Å². The van der Waals surface area contributed by atoms with Crippen molar-refractivity contribution in [1.82, 2.24) is 15.0 Å². The van der Waals surface area contributed by atoms with E-state index in [1.54, 1.807) is 6.07 Å². The second-order valence-electron chi connectivity index (χ2n) is 6.04. The van der Waals surface area contributed by atoms with Crippen LogP contribution < -0.4 is 4.90 Å². The standard InChI is InChI=1S/C18H17F3N4O2S/c1-10-15(4-6-26)28-16(23-10)14-3-5-22-17(24-14)25(2)12-7-11(18(19,20)21)8-13(27)9-12/h3,5,7-9,26-27H,4,6H2,1-2H3. The third-order valence-corrected chi connectivity index (χ3v) is 5.25. The molecule has 0 radical (unpaired) electrons. The fraction of sp³-hybridized carbons (Fsp3) is 0.278. The number of phenols is 1. The first-order valence-corrected chi connectivity index (χ1v) is 9.06. The number of hydrogen-bond donors (Lipinski definition) is 2. The number of aliphatic hydroxyl groups excluding tert-OH is 1. The molecule has 0 bridgehead atoms. The third-order valence-electron chi connectivity index (χ3n) is 4.01. The van der Waals surface area contributed by atoms with Gasteiger partial charge in [-0.25, -0.2) is 15.0 Å². The lowest BCUT2D eigenvalue weighted by Crippen LogP contribution is -2.14. The number of rotatable bonds is 5. The molecule has 2 aromatic heterocycles. The van der Waals surface area contributed by atoms with Crippen molar-refractivity contribution < 1.29 is 23.4 Å². The number of aryl methyl sites for hydroxylation is 1. The summed E-state index contributed by atoms with van der Waals surface area (Å²) >= 11 is 1.39. The minimum Gasteiger partial charge on any atom is -0.508 e. The SMILES string of the molecule is Cc1nc(-c2ccnc(N(C)c3cc(O)cc(C(F)(F)F)c3)n2)sc1CCO. The zero-order valence-electron chi connectivity index (χ0n) is 15.0. The van der Waals surface area contributed by atoms with Crippen LogP contribution in [0.1, 0.15) is 16.1 Å². The van der Waals surface area contributed by atoms with Gasteiger partial charge < -0.3 is 15.1 Å². The molecule has 2 heterocycles. The van der Waals surface area contributed by atoms with E-state index in [0.717, 1.165) is 16.6 Å². The van der Waals surface area contributed by atoms with Gasteiger partial charge in [0.05, 0.1) is 11.3 Å². The van der Waals surface area contributed by atoms with Gasteiger partial charge in [-0.2, -0.15) is 13.2 Å². The summed E-state index contributed by atoms with van der Waals surface area (Å²) in [5.74, 6) is -0.343. The van der Waals surface area contributed by atoms with Gasteiger partial charge in [-0.15, -0.1) is 11.3 Å². The molecule has 0 aliphatic heterocycles. The normalized spacial score (nSPS) is 11.6. The van der Waals surface area contributed by atoms with Crippen molar-refractivity contribution in [3.05, 3.63) is 46.6 Å². The summed E-state index contributed by atoms with van der Waals surface area (Å²) in [6.07, 6.45) is -2.60. The number of benzene rings is 1. The highest BCUT2D eigenvalue weighted by molar-refractivity contribution is 7.15. The highest BCUT2D eigenvalue weighted by atomic mass is 32.1. The van der Waals surface area contributed by atoms with Crippen LogP contribution in [0, 0.1) is 6.92 Å². The topological polar surface area (TPSA) is 82.4 Å². The molecule has 3 rings (SSSR count). The summed E-state index contributed by atoms with van der Waals surface area (Å²) in [5, 5.41) is 19.4. The van der Waals surface area contributed by atoms with Crippen LogP contribution in [0.3, 0.4) is 0 Å². The Hall–Kier alpha value is -2.72. The first-order chi connectivity index (χ1) is 13.2. The van der Waals surface area contributed by atoms with Gasteiger partial charge in [0.1, 0.15) is 16.5 Å². The van der Waals surface area contributed by atoms with E-state index < -0.39 is 17.5 Å². The van der Waals surface area contributed by atoms with E-state index in [2.05, 4.69) is 15.0 Å². The highest BCUT2D eigenvalue weighted by Crippen LogP contribution is 2.36. The third kappa shape index (κ3) is 4.23. The molecule has 0 fully saturated rings. The van der Waals surface area contributed by atoms with Crippen molar-refractivity contribution in [2.24, 2.45) is 0 Å². The molecule has 1 aromatic carbocycles. The summed E-state index contributed by atoms with van der Waals surface area (Å²) in [4.78, 5) is 15.2. The molecule has 0 unspecified atom stereocenters. The monoisotopic (exact) mass is 410 g/mol. The maximum absolute atomic E-state index is 13.0. The molecule has 0 spiro atoms. The zero-order chi connectivity index (χ0) is 20.5. The molecular formula is C18H17F3N4O2S. The molecule has 0 saturated heterocycles. The Morgan fingerprint density at radius 2 is 1.93 bits per heavy atom. The van der Waals surface area contributed by atoms with Crippen molar-refractivity contribution in [3.63, 3.8) is 0 Å². The van der Waals surface area contributed by atoms with Crippen molar-refractivity contribution in [2.45, 2.75) is 19.5 Å². The van der Waals surface area contributed by atoms with E-state index in [4.69, 9.17) is 5.11 Å². The van der Waals surface area contributed by atoms with E-state index >= 15 is 0 Å². The molecule has 2 N–H and O–H groups in total. The van der Waals surface area contributed by atoms with Crippen LogP contribution in [-0.2, 0) is 12.6 Å². The maximum Gasteiger partial charge on any atom is 0.416 e. The van der Waals surface area contributed by atoms with Crippen LogP contribution in [0.4, 0.5) is 24.8 Å². The zero-order valence-corrected chi connectivity index (χ0v) is 15.8. The minimum atomic E-state index is -4.58. The number of halogens is 3. The highest BCUT2D eigenvalue weighted by Gasteiger charge is 2.31. The Bertz CT molecular complexity index is 991. The first kappa shape index (κ1) is 20.0. The molecule has 10 heteroatoms. The Labute approximate surface area is 163 Å². The van der Waals surface area contributed by atoms with Gasteiger partial charge in [0.15, 0.2) is 0 Å². The lowest BCUT2D eigenvalue weighted by Gasteiger charge is -2.19. The molecule has 0 saturated carbocycles. The lowest BCUT2D eigenvalue weighted by molar-refractivity contribution is -0.137. The van der Waals surface area contributed by atoms with Crippen LogP contribution in [0.5, 0.6) is 5.75 Å². The number of aliphatic hydroxyl groups is 1. The minimum absolute atomic E-state index is 0.0132. The molecule has 0 amide bonds. The van der Waals surface area contributed by atoms with E-state index in [0.29, 0.717) is 23.2 Å². The predicted molar refractivity (Wildman–Crippen MR) is 99.8 cm³/mol. The summed E-state index contributed by atoms with van der Waals surface area (Å²) in [6, 6.07) is 4.44. The van der Waals surface area contributed by atoms with Crippen LogP contribution in [0.25, 0.3) is 10.7 Å². The number of anilines is 2. The van der Waals surface area contributed by atoms with Crippen molar-refractivity contribution in [1.29, 1.82) is 0 Å². The Balaban J connectivity index is 1.96. The quantitative estimate of drug-likeness (QED) is 0.663. The van der Waals surface area contributed by atoms with Crippen LogP contribution in [-0.4, -0.2) is 38.8 Å². The van der Waals surface area contributed by atoms with E-state index in [9.17, 15) is 18.3 Å². The number of thiazole rings is 1. The number of phenolic OH excluding ortho intramolecular Hbond substituents is 1. The lowest BCUT2D eigenvalue weighted by atomic mass is 10.1. The van der Waals surface area contributed by atoms with Crippen LogP contribution in [0.15, 0.2) is 30.5 Å². The molecule has 0 atom stereocenters. The summed E-state index contributed by atoms with van der Waals surface area (Å²) in [7, 11) is 1.51. The second-order valence-corrected chi connectivity index (χ2v) is 7.12. The van der Waals surface area contributed by atoms with Crippen LogP contribution >= 0.6 is 11.3 Å².